The van der Waals surface area contributed by atoms with E-state index in [-0.39, 0.29) is 31.1 Å². The summed E-state index contributed by atoms with van der Waals surface area (Å²) in [5.41, 5.74) is 0. The molecule has 0 aliphatic heterocycles. The van der Waals surface area contributed by atoms with Crippen LogP contribution >= 0.6 is 0 Å². The molecule has 0 rings (SSSR count). The maximum Gasteiger partial charge on any atom is 0.306 e. The van der Waals surface area contributed by atoms with Gasteiger partial charge in [0, 0.05) is 19.3 Å². The highest BCUT2D eigenvalue weighted by molar-refractivity contribution is 5.71. The quantitative estimate of drug-likeness (QED) is 0.0261. The Kier molecular flexibility index (Phi) is 63.2. The molecule has 0 fully saturated rings. The highest BCUT2D eigenvalue weighted by Crippen LogP contribution is 2.18. The van der Waals surface area contributed by atoms with Crippen molar-refractivity contribution in [3.63, 3.8) is 0 Å². The molecule has 77 heavy (non-hydrogen) atoms. The number of ether oxygens (including phenoxy) is 3. The van der Waals surface area contributed by atoms with Gasteiger partial charge in [0.2, 0.25) is 0 Å². The molecule has 0 aliphatic rings. The van der Waals surface area contributed by atoms with Gasteiger partial charge in [0.15, 0.2) is 6.10 Å². The average Bonchev–Trinajstić information content (AvgIpc) is 3.43. The highest BCUT2D eigenvalue weighted by Gasteiger charge is 2.19. The van der Waals surface area contributed by atoms with Gasteiger partial charge in [0.25, 0.3) is 0 Å². The Morgan fingerprint density at radius 2 is 0.506 bits per heavy atom. The van der Waals surface area contributed by atoms with E-state index < -0.39 is 6.10 Å². The lowest BCUT2D eigenvalue weighted by Gasteiger charge is -2.18. The number of hydrogen-bond donors (Lipinski definition) is 0. The molecule has 0 radical (unpaired) electrons. The van der Waals surface area contributed by atoms with Gasteiger partial charge in [-0.2, -0.15) is 0 Å². The van der Waals surface area contributed by atoms with E-state index in [4.69, 9.17) is 14.2 Å². The van der Waals surface area contributed by atoms with Gasteiger partial charge in [-0.25, -0.2) is 0 Å². The fourth-order valence-electron chi connectivity index (χ4n) is 10.0. The third kappa shape index (κ3) is 63.8. The van der Waals surface area contributed by atoms with Crippen molar-refractivity contribution >= 4 is 17.9 Å². The van der Waals surface area contributed by atoms with Crippen molar-refractivity contribution in [1.29, 1.82) is 0 Å². The van der Waals surface area contributed by atoms with Gasteiger partial charge in [-0.3, -0.25) is 14.4 Å². The molecule has 0 aromatic heterocycles. The summed E-state index contributed by atoms with van der Waals surface area (Å²) in [5.74, 6) is -0.846. The number of hydrogen-bond acceptors (Lipinski definition) is 6. The van der Waals surface area contributed by atoms with Crippen LogP contribution in [-0.2, 0) is 28.6 Å². The monoisotopic (exact) mass is 1080 g/mol. The average molecular weight is 1080 g/mol. The van der Waals surface area contributed by atoms with Crippen LogP contribution in [-0.4, -0.2) is 37.2 Å². The first-order chi connectivity index (χ1) is 38.0. The normalized spacial score (nSPS) is 12.4. The van der Waals surface area contributed by atoms with Gasteiger partial charge in [-0.15, -0.1) is 0 Å². The summed E-state index contributed by atoms with van der Waals surface area (Å²) in [6, 6.07) is 0. The first kappa shape index (κ1) is 74.1. The molecule has 6 heteroatoms. The van der Waals surface area contributed by atoms with Crippen molar-refractivity contribution in [1.82, 2.24) is 0 Å². The molecular formula is C71H128O6. The number of unbranched alkanes of at least 4 members (excludes halogenated alkanes) is 41. The molecule has 0 amide bonds. The second-order valence-corrected chi connectivity index (χ2v) is 22.7. The minimum absolute atomic E-state index is 0.0663. The van der Waals surface area contributed by atoms with Crippen LogP contribution in [0.4, 0.5) is 0 Å². The fraction of sp³-hybridized carbons (Fsp3) is 0.817. The zero-order chi connectivity index (χ0) is 55.7. The summed E-state index contributed by atoms with van der Waals surface area (Å²) >= 11 is 0. The molecule has 0 saturated carbocycles. The highest BCUT2D eigenvalue weighted by atomic mass is 16.6. The predicted molar refractivity (Wildman–Crippen MR) is 335 cm³/mol. The van der Waals surface area contributed by atoms with Crippen molar-refractivity contribution in [2.24, 2.45) is 0 Å². The van der Waals surface area contributed by atoms with Crippen LogP contribution in [0.5, 0.6) is 0 Å². The van der Waals surface area contributed by atoms with Crippen molar-refractivity contribution < 1.29 is 28.6 Å². The van der Waals surface area contributed by atoms with Crippen LogP contribution in [0.1, 0.15) is 355 Å². The van der Waals surface area contributed by atoms with Crippen LogP contribution in [0.3, 0.4) is 0 Å². The van der Waals surface area contributed by atoms with Gasteiger partial charge in [-0.05, 0) is 64.2 Å². The van der Waals surface area contributed by atoms with Crippen molar-refractivity contribution in [2.75, 3.05) is 13.2 Å². The molecule has 0 aliphatic carbocycles. The van der Waals surface area contributed by atoms with E-state index in [0.717, 1.165) is 89.9 Å². The fourth-order valence-corrected chi connectivity index (χ4v) is 10.0. The maximum atomic E-state index is 12.9. The molecule has 0 heterocycles. The van der Waals surface area contributed by atoms with E-state index in [1.165, 1.54) is 225 Å². The van der Waals surface area contributed by atoms with E-state index >= 15 is 0 Å². The Hall–Kier alpha value is -2.89. The van der Waals surface area contributed by atoms with Gasteiger partial charge >= 0.3 is 17.9 Å². The molecule has 0 aromatic carbocycles. The van der Waals surface area contributed by atoms with E-state index in [1.54, 1.807) is 0 Å². The Morgan fingerprint density at radius 3 is 0.792 bits per heavy atom. The molecule has 448 valence electrons. The van der Waals surface area contributed by atoms with Crippen LogP contribution in [0.25, 0.3) is 0 Å². The summed E-state index contributed by atoms with van der Waals surface area (Å²) in [6.07, 6.45) is 84.1. The first-order valence-electron chi connectivity index (χ1n) is 33.8. The molecule has 0 N–H and O–H groups in total. The van der Waals surface area contributed by atoms with Gasteiger partial charge < -0.3 is 14.2 Å². The molecule has 0 saturated heterocycles. The lowest BCUT2D eigenvalue weighted by Crippen LogP contribution is -2.30. The molecule has 0 aromatic rings. The second-order valence-electron chi connectivity index (χ2n) is 22.7. The number of carbonyl (C=O) groups excluding carboxylic acids is 3. The van der Waals surface area contributed by atoms with E-state index in [1.807, 2.05) is 0 Å². The third-order valence-corrected chi connectivity index (χ3v) is 15.0. The molecule has 1 unspecified atom stereocenters. The molecule has 0 spiro atoms. The molecule has 1 atom stereocenters. The minimum atomic E-state index is -0.766. The van der Waals surface area contributed by atoms with Gasteiger partial charge in [0.05, 0.1) is 0 Å². The Morgan fingerprint density at radius 1 is 0.273 bits per heavy atom. The Balaban J connectivity index is 4.00. The Bertz CT molecular complexity index is 1380. The predicted octanol–water partition coefficient (Wildman–Crippen LogP) is 23.1. The summed E-state index contributed by atoms with van der Waals surface area (Å²) < 4.78 is 16.9. The zero-order valence-corrected chi connectivity index (χ0v) is 51.5. The lowest BCUT2D eigenvalue weighted by molar-refractivity contribution is -0.167. The second kappa shape index (κ2) is 65.6. The van der Waals surface area contributed by atoms with Crippen molar-refractivity contribution in [3.05, 3.63) is 60.8 Å². The number of carbonyl (C=O) groups is 3. The number of esters is 3. The van der Waals surface area contributed by atoms with Gasteiger partial charge in [0.1, 0.15) is 13.2 Å². The van der Waals surface area contributed by atoms with Crippen LogP contribution in [0, 0.1) is 0 Å². The minimum Gasteiger partial charge on any atom is -0.462 e. The Labute approximate surface area is 479 Å². The topological polar surface area (TPSA) is 78.9 Å². The smallest absolute Gasteiger partial charge is 0.306 e. The number of rotatable bonds is 62. The summed E-state index contributed by atoms with van der Waals surface area (Å²) in [4.78, 5) is 38.2. The van der Waals surface area contributed by atoms with Crippen LogP contribution in [0.15, 0.2) is 60.8 Å². The molecule has 6 nitrogen and oxygen atoms in total. The third-order valence-electron chi connectivity index (χ3n) is 15.0. The summed E-state index contributed by atoms with van der Waals surface area (Å²) in [6.45, 7) is 6.56. The summed E-state index contributed by atoms with van der Waals surface area (Å²) in [5, 5.41) is 0. The first-order valence-corrected chi connectivity index (χ1v) is 33.8. The SMILES string of the molecule is CC/C=C\C/C=C\C/C=C\C/C=C\C/C=C\CCCCCCCCCCCCCCCCCCCCCC(=O)OCC(COC(=O)CCCCCCCCCCC)OC(=O)CCCCCCCCCCCCCCCCC. The van der Waals surface area contributed by atoms with Crippen LogP contribution < -0.4 is 0 Å². The summed E-state index contributed by atoms with van der Waals surface area (Å²) in [7, 11) is 0. The maximum absolute atomic E-state index is 12.9. The van der Waals surface area contributed by atoms with Crippen molar-refractivity contribution in [2.45, 2.75) is 361 Å². The van der Waals surface area contributed by atoms with E-state index in [2.05, 4.69) is 81.5 Å². The largest absolute Gasteiger partial charge is 0.462 e. The van der Waals surface area contributed by atoms with E-state index in [0.29, 0.717) is 19.3 Å². The molecule has 0 bridgehead atoms. The molecular weight excluding hydrogens is 949 g/mol. The van der Waals surface area contributed by atoms with Crippen molar-refractivity contribution in [3.8, 4) is 0 Å². The zero-order valence-electron chi connectivity index (χ0n) is 51.5. The van der Waals surface area contributed by atoms with Crippen LogP contribution in [0.2, 0.25) is 0 Å². The van der Waals surface area contributed by atoms with Gasteiger partial charge in [-0.1, -0.05) is 332 Å². The standard InChI is InChI=1S/C71H128O6/c1-4-7-10-13-16-19-21-23-25-26-27-28-29-30-31-32-33-34-35-36-37-38-39-40-41-42-43-44-46-47-49-52-55-58-61-64-70(73)76-67-68(66-75-69(72)63-60-57-54-51-18-15-12-9-6-3)77-71(74)65-62-59-56-53-50-48-45-24-22-20-17-14-11-8-5-2/h7,10,16,19,23,25,27-28,30-31,68H,4-6,8-9,11-15,17-18,20-22,24,26,29,32-67H2,1-3H3/b10-7-,19-16-,25-23-,28-27-,31-30-. The number of allylic oxidation sites excluding steroid dienone is 10. The van der Waals surface area contributed by atoms with E-state index in [9.17, 15) is 14.4 Å². The lowest BCUT2D eigenvalue weighted by atomic mass is 10.0.